The number of furan rings is 1. The second kappa shape index (κ2) is 4.95. The number of hydrogen-bond acceptors (Lipinski definition) is 2. The van der Waals surface area contributed by atoms with Crippen LogP contribution in [0.3, 0.4) is 0 Å². The third kappa shape index (κ3) is 2.20. The predicted octanol–water partition coefficient (Wildman–Crippen LogP) is 4.47. The van der Waals surface area contributed by atoms with E-state index in [1.807, 2.05) is 19.2 Å². The highest BCUT2D eigenvalue weighted by molar-refractivity contribution is 6.05. The summed E-state index contributed by atoms with van der Waals surface area (Å²) >= 11 is 0. The maximum atomic E-state index is 5.89. The summed E-state index contributed by atoms with van der Waals surface area (Å²) in [6.45, 7) is 5.62. The van der Waals surface area contributed by atoms with Crippen molar-refractivity contribution in [2.45, 2.75) is 25.7 Å². The largest absolute Gasteiger partial charge is 0.456 e. The molecule has 0 aliphatic carbocycles. The van der Waals surface area contributed by atoms with Crippen molar-refractivity contribution in [1.82, 2.24) is 5.32 Å². The van der Waals surface area contributed by atoms with Crippen LogP contribution in [0, 0.1) is 0 Å². The van der Waals surface area contributed by atoms with Crippen LogP contribution >= 0.6 is 0 Å². The summed E-state index contributed by atoms with van der Waals surface area (Å²) in [6, 6.07) is 14.8. The highest BCUT2D eigenvalue weighted by atomic mass is 16.3. The van der Waals surface area contributed by atoms with E-state index in [9.17, 15) is 0 Å². The molecule has 0 spiro atoms. The molecular formula is C18H21NO. The lowest BCUT2D eigenvalue weighted by molar-refractivity contribution is 0.469. The normalized spacial score (nSPS) is 12.3. The summed E-state index contributed by atoms with van der Waals surface area (Å²) in [5.41, 5.74) is 3.47. The maximum absolute atomic E-state index is 5.89. The first-order chi connectivity index (χ1) is 9.62. The zero-order valence-corrected chi connectivity index (χ0v) is 12.4. The standard InChI is InChI=1S/C18H21NO/c1-18(2,10-11-19-3)13-8-9-17-15(12-13)14-6-4-5-7-16(14)20-17/h4-9,12,19H,10-11H2,1-3H3. The molecule has 0 bridgehead atoms. The molecule has 0 saturated heterocycles. The fourth-order valence-corrected chi connectivity index (χ4v) is 2.73. The van der Waals surface area contributed by atoms with E-state index >= 15 is 0 Å². The fraction of sp³-hybridized carbons (Fsp3) is 0.333. The first-order valence-corrected chi connectivity index (χ1v) is 7.18. The molecule has 20 heavy (non-hydrogen) atoms. The second-order valence-electron chi connectivity index (χ2n) is 6.05. The molecule has 2 nitrogen and oxygen atoms in total. The van der Waals surface area contributed by atoms with Crippen LogP contribution in [-0.2, 0) is 5.41 Å². The summed E-state index contributed by atoms with van der Waals surface area (Å²) in [6.07, 6.45) is 1.12. The third-order valence-corrected chi connectivity index (χ3v) is 4.16. The maximum Gasteiger partial charge on any atom is 0.135 e. The Morgan fingerprint density at radius 1 is 1.00 bits per heavy atom. The Hall–Kier alpha value is -1.80. The van der Waals surface area contributed by atoms with E-state index < -0.39 is 0 Å². The number of rotatable bonds is 4. The van der Waals surface area contributed by atoms with Crippen molar-refractivity contribution in [3.05, 3.63) is 48.0 Å². The van der Waals surface area contributed by atoms with Crippen LogP contribution in [0.4, 0.5) is 0 Å². The van der Waals surface area contributed by atoms with E-state index in [0.717, 1.165) is 24.1 Å². The Morgan fingerprint density at radius 2 is 1.75 bits per heavy atom. The van der Waals surface area contributed by atoms with Crippen molar-refractivity contribution >= 4 is 21.9 Å². The van der Waals surface area contributed by atoms with Crippen LogP contribution in [0.5, 0.6) is 0 Å². The van der Waals surface area contributed by atoms with Crippen LogP contribution in [0.25, 0.3) is 21.9 Å². The van der Waals surface area contributed by atoms with Crippen molar-refractivity contribution < 1.29 is 4.42 Å². The van der Waals surface area contributed by atoms with Gasteiger partial charge in [0.2, 0.25) is 0 Å². The molecule has 0 amide bonds. The van der Waals surface area contributed by atoms with Gasteiger partial charge in [0.05, 0.1) is 0 Å². The zero-order chi connectivity index (χ0) is 14.2. The van der Waals surface area contributed by atoms with E-state index in [-0.39, 0.29) is 5.41 Å². The first kappa shape index (κ1) is 13.2. The fourth-order valence-electron chi connectivity index (χ4n) is 2.73. The molecular weight excluding hydrogens is 246 g/mol. The Morgan fingerprint density at radius 3 is 2.55 bits per heavy atom. The molecule has 2 aromatic carbocycles. The van der Waals surface area contributed by atoms with E-state index in [0.29, 0.717) is 0 Å². The SMILES string of the molecule is CNCCC(C)(C)c1ccc2oc3ccccc3c2c1. The molecule has 1 N–H and O–H groups in total. The molecule has 1 aromatic heterocycles. The van der Waals surface area contributed by atoms with Crippen molar-refractivity contribution in [2.24, 2.45) is 0 Å². The number of para-hydroxylation sites is 1. The van der Waals surface area contributed by atoms with Gasteiger partial charge in [-0.15, -0.1) is 0 Å². The lowest BCUT2D eigenvalue weighted by Crippen LogP contribution is -2.23. The van der Waals surface area contributed by atoms with Gasteiger partial charge in [-0.05, 0) is 49.2 Å². The molecule has 0 saturated carbocycles. The monoisotopic (exact) mass is 267 g/mol. The average molecular weight is 267 g/mol. The molecule has 0 aliphatic heterocycles. The van der Waals surface area contributed by atoms with Gasteiger partial charge in [-0.1, -0.05) is 38.1 Å². The minimum Gasteiger partial charge on any atom is -0.456 e. The zero-order valence-electron chi connectivity index (χ0n) is 12.4. The summed E-state index contributed by atoms with van der Waals surface area (Å²) < 4.78 is 5.89. The molecule has 2 heteroatoms. The second-order valence-corrected chi connectivity index (χ2v) is 6.05. The van der Waals surface area contributed by atoms with Gasteiger partial charge in [-0.25, -0.2) is 0 Å². The van der Waals surface area contributed by atoms with Gasteiger partial charge in [-0.2, -0.15) is 0 Å². The summed E-state index contributed by atoms with van der Waals surface area (Å²) in [5, 5.41) is 5.66. The van der Waals surface area contributed by atoms with Gasteiger partial charge in [0.1, 0.15) is 11.2 Å². The molecule has 0 unspecified atom stereocenters. The quantitative estimate of drug-likeness (QED) is 0.754. The van der Waals surface area contributed by atoms with E-state index in [1.165, 1.54) is 16.3 Å². The third-order valence-electron chi connectivity index (χ3n) is 4.16. The highest BCUT2D eigenvalue weighted by Gasteiger charge is 2.21. The smallest absolute Gasteiger partial charge is 0.135 e. The van der Waals surface area contributed by atoms with Crippen molar-refractivity contribution in [3.8, 4) is 0 Å². The van der Waals surface area contributed by atoms with E-state index in [1.54, 1.807) is 0 Å². The van der Waals surface area contributed by atoms with Gasteiger partial charge in [0.25, 0.3) is 0 Å². The lowest BCUT2D eigenvalue weighted by Gasteiger charge is -2.25. The van der Waals surface area contributed by atoms with Crippen LogP contribution in [0.1, 0.15) is 25.8 Å². The molecule has 3 aromatic rings. The predicted molar refractivity (Wildman–Crippen MR) is 85.3 cm³/mol. The van der Waals surface area contributed by atoms with Crippen molar-refractivity contribution in [1.29, 1.82) is 0 Å². The van der Waals surface area contributed by atoms with Crippen LogP contribution < -0.4 is 5.32 Å². The summed E-state index contributed by atoms with van der Waals surface area (Å²) in [7, 11) is 2.00. The minimum absolute atomic E-state index is 0.162. The average Bonchev–Trinajstić information content (AvgIpc) is 2.83. The highest BCUT2D eigenvalue weighted by Crippen LogP contribution is 2.34. The van der Waals surface area contributed by atoms with Gasteiger partial charge < -0.3 is 9.73 Å². The number of nitrogens with one attached hydrogen (secondary N) is 1. The topological polar surface area (TPSA) is 25.2 Å². The molecule has 1 heterocycles. The molecule has 0 atom stereocenters. The van der Waals surface area contributed by atoms with Gasteiger partial charge in [0.15, 0.2) is 0 Å². The Bertz CT molecular complexity index is 739. The summed E-state index contributed by atoms with van der Waals surface area (Å²) in [4.78, 5) is 0. The number of benzene rings is 2. The Labute approximate surface area is 119 Å². The first-order valence-electron chi connectivity index (χ1n) is 7.18. The molecule has 0 aliphatic rings. The molecule has 0 radical (unpaired) electrons. The van der Waals surface area contributed by atoms with E-state index in [4.69, 9.17) is 4.42 Å². The Balaban J connectivity index is 2.12. The Kier molecular flexibility index (Phi) is 3.27. The van der Waals surface area contributed by atoms with Gasteiger partial charge >= 0.3 is 0 Å². The van der Waals surface area contributed by atoms with Crippen LogP contribution in [0.15, 0.2) is 46.9 Å². The van der Waals surface area contributed by atoms with E-state index in [2.05, 4.69) is 49.5 Å². The molecule has 104 valence electrons. The minimum atomic E-state index is 0.162. The lowest BCUT2D eigenvalue weighted by atomic mass is 9.81. The van der Waals surface area contributed by atoms with Crippen molar-refractivity contribution in [3.63, 3.8) is 0 Å². The summed E-state index contributed by atoms with van der Waals surface area (Å²) in [5.74, 6) is 0. The van der Waals surface area contributed by atoms with Gasteiger partial charge in [0, 0.05) is 10.8 Å². The van der Waals surface area contributed by atoms with Crippen LogP contribution in [-0.4, -0.2) is 13.6 Å². The van der Waals surface area contributed by atoms with Crippen molar-refractivity contribution in [2.75, 3.05) is 13.6 Å². The van der Waals surface area contributed by atoms with Gasteiger partial charge in [-0.3, -0.25) is 0 Å². The number of fused-ring (bicyclic) bond motifs is 3. The molecule has 0 fully saturated rings. The molecule has 3 rings (SSSR count). The van der Waals surface area contributed by atoms with Crippen LogP contribution in [0.2, 0.25) is 0 Å². The number of hydrogen-bond donors (Lipinski definition) is 1.